The number of allylic oxidation sites excluding steroid dienone is 16. The first-order valence-electron chi connectivity index (χ1n) is 5.33. The van der Waals surface area contributed by atoms with Crippen LogP contribution in [0.15, 0.2) is 97.2 Å². The molecule has 0 heterocycles. The Hall–Kier alpha value is -1.57. The molecule has 0 amide bonds. The summed E-state index contributed by atoms with van der Waals surface area (Å²) < 4.78 is 0. The molecule has 0 N–H and O–H groups in total. The molecule has 2 aliphatic carbocycles. The first-order valence-corrected chi connectivity index (χ1v) is 5.33. The van der Waals surface area contributed by atoms with E-state index in [4.69, 9.17) is 0 Å². The zero-order valence-corrected chi connectivity index (χ0v) is 10.6. The smallest absolute Gasteiger partial charge is 0 e. The third kappa shape index (κ3) is 10.7. The molecule has 0 aromatic heterocycles. The summed E-state index contributed by atoms with van der Waals surface area (Å²) in [4.78, 5) is 0. The molecule has 1 heteroatoms. The van der Waals surface area contributed by atoms with E-state index in [-0.39, 0.29) is 16.8 Å². The summed E-state index contributed by atoms with van der Waals surface area (Å²) in [6.07, 6.45) is 32.0. The third-order valence-electron chi connectivity index (χ3n) is 1.78. The van der Waals surface area contributed by atoms with Crippen molar-refractivity contribution >= 4 is 0 Å². The molecule has 0 unspecified atom stereocenters. The Bertz CT molecular complexity index is 247. The minimum atomic E-state index is 0. The summed E-state index contributed by atoms with van der Waals surface area (Å²) in [5.41, 5.74) is 0. The van der Waals surface area contributed by atoms with Crippen LogP contribution in [0.4, 0.5) is 0 Å². The van der Waals surface area contributed by atoms with Crippen LogP contribution in [-0.4, -0.2) is 0 Å². The molecule has 0 bridgehead atoms. The molecule has 2 aliphatic rings. The van der Waals surface area contributed by atoms with Gasteiger partial charge in [-0.25, -0.2) is 0 Å². The van der Waals surface area contributed by atoms with E-state index in [9.17, 15) is 0 Å². The maximum absolute atomic E-state index is 2.00. The van der Waals surface area contributed by atoms with Crippen molar-refractivity contribution in [1.82, 2.24) is 0 Å². The molecule has 0 nitrogen and oxygen atoms in total. The molecular weight excluding hydrogens is 251 g/mol. The first kappa shape index (κ1) is 15.4. The molecule has 0 saturated carbocycles. The van der Waals surface area contributed by atoms with Gasteiger partial charge in [0.25, 0.3) is 0 Å². The molecule has 0 spiro atoms. The van der Waals surface area contributed by atoms with Crippen LogP contribution in [0.25, 0.3) is 0 Å². The normalized spacial score (nSPS) is 15.1. The van der Waals surface area contributed by atoms with Gasteiger partial charge in [0.15, 0.2) is 0 Å². The van der Waals surface area contributed by atoms with Crippen LogP contribution in [0.2, 0.25) is 0 Å². The fourth-order valence-electron chi connectivity index (χ4n) is 1.03. The van der Waals surface area contributed by atoms with Gasteiger partial charge in [0, 0.05) is 16.8 Å². The molecule has 0 aromatic carbocycles. The Morgan fingerprint density at radius 1 is 0.176 bits per heavy atom. The van der Waals surface area contributed by atoms with Gasteiger partial charge in [-0.1, -0.05) is 97.2 Å². The van der Waals surface area contributed by atoms with Gasteiger partial charge in [-0.05, 0) is 0 Å². The summed E-state index contributed by atoms with van der Waals surface area (Å²) in [6, 6.07) is 0. The van der Waals surface area contributed by atoms with Gasteiger partial charge in [-0.2, -0.15) is 0 Å². The van der Waals surface area contributed by atoms with Crippen molar-refractivity contribution < 1.29 is 16.8 Å². The predicted molar refractivity (Wildman–Crippen MR) is 73.1 cm³/mol. The van der Waals surface area contributed by atoms with Crippen LogP contribution < -0.4 is 0 Å². The number of hydrogen-bond acceptors (Lipinski definition) is 0. The van der Waals surface area contributed by atoms with E-state index < -0.39 is 0 Å². The van der Waals surface area contributed by atoms with Crippen LogP contribution in [0, 0.1) is 0 Å². The molecule has 0 aromatic rings. The minimum Gasteiger partial charge on any atom is -0.0623 e. The van der Waals surface area contributed by atoms with Gasteiger partial charge in [0.05, 0.1) is 0 Å². The van der Waals surface area contributed by atoms with E-state index >= 15 is 0 Å². The van der Waals surface area contributed by atoms with Crippen LogP contribution in [0.3, 0.4) is 0 Å². The Balaban J connectivity index is 0.000000284. The number of rotatable bonds is 0. The van der Waals surface area contributed by atoms with Crippen LogP contribution in [0.5, 0.6) is 0 Å². The molecular formula is C16H16Co. The topological polar surface area (TPSA) is 0 Å². The molecule has 89 valence electrons. The van der Waals surface area contributed by atoms with Crippen molar-refractivity contribution in [1.29, 1.82) is 0 Å². The second-order valence-electron chi connectivity index (χ2n) is 3.08. The van der Waals surface area contributed by atoms with E-state index in [1.807, 2.05) is 97.2 Å². The van der Waals surface area contributed by atoms with Crippen molar-refractivity contribution in [2.24, 2.45) is 0 Å². The Labute approximate surface area is 114 Å². The SMILES string of the molecule is C1=CC=CC=CC=C1.C1=CC=CC=CC=C1.[Co]. The molecule has 1 radical (unpaired) electrons. The zero-order valence-electron chi connectivity index (χ0n) is 9.57. The molecule has 0 saturated heterocycles. The Morgan fingerprint density at radius 2 is 0.235 bits per heavy atom. The largest absolute Gasteiger partial charge is 0.0623 e. The van der Waals surface area contributed by atoms with Crippen molar-refractivity contribution in [3.05, 3.63) is 97.2 Å². The monoisotopic (exact) mass is 267 g/mol. The van der Waals surface area contributed by atoms with Gasteiger partial charge < -0.3 is 0 Å². The van der Waals surface area contributed by atoms with Crippen LogP contribution >= 0.6 is 0 Å². The van der Waals surface area contributed by atoms with Crippen LogP contribution in [0.1, 0.15) is 0 Å². The molecule has 0 fully saturated rings. The zero-order chi connectivity index (χ0) is 11.3. The predicted octanol–water partition coefficient (Wildman–Crippen LogP) is 4.45. The third-order valence-corrected chi connectivity index (χ3v) is 1.78. The first-order chi connectivity index (χ1) is 8.00. The summed E-state index contributed by atoms with van der Waals surface area (Å²) in [7, 11) is 0. The van der Waals surface area contributed by atoms with Crippen molar-refractivity contribution in [3.63, 3.8) is 0 Å². The maximum atomic E-state index is 2.00. The molecule has 0 atom stereocenters. The number of hydrogen-bond donors (Lipinski definition) is 0. The van der Waals surface area contributed by atoms with E-state index in [0.717, 1.165) is 0 Å². The fraction of sp³-hybridized carbons (Fsp3) is 0. The summed E-state index contributed by atoms with van der Waals surface area (Å²) in [5, 5.41) is 0. The molecule has 0 aliphatic heterocycles. The quantitative estimate of drug-likeness (QED) is 0.608. The second-order valence-corrected chi connectivity index (χ2v) is 3.08. The van der Waals surface area contributed by atoms with Gasteiger partial charge in [0.1, 0.15) is 0 Å². The summed E-state index contributed by atoms with van der Waals surface area (Å²) in [6.45, 7) is 0. The van der Waals surface area contributed by atoms with E-state index in [1.165, 1.54) is 0 Å². The van der Waals surface area contributed by atoms with Gasteiger partial charge in [-0.15, -0.1) is 0 Å². The van der Waals surface area contributed by atoms with Gasteiger partial charge >= 0.3 is 0 Å². The average Bonchev–Trinajstić information content (AvgIpc) is 2.15. The van der Waals surface area contributed by atoms with E-state index in [1.54, 1.807) is 0 Å². The maximum Gasteiger partial charge on any atom is 0 e. The van der Waals surface area contributed by atoms with Gasteiger partial charge in [-0.3, -0.25) is 0 Å². The summed E-state index contributed by atoms with van der Waals surface area (Å²) in [5.74, 6) is 0. The van der Waals surface area contributed by atoms with Crippen molar-refractivity contribution in [2.75, 3.05) is 0 Å². The van der Waals surface area contributed by atoms with E-state index in [0.29, 0.717) is 0 Å². The van der Waals surface area contributed by atoms with Crippen molar-refractivity contribution in [3.8, 4) is 0 Å². The second kappa shape index (κ2) is 12.5. The Kier molecular flexibility index (Phi) is 11.3. The van der Waals surface area contributed by atoms with Gasteiger partial charge in [0.2, 0.25) is 0 Å². The minimum absolute atomic E-state index is 0. The summed E-state index contributed by atoms with van der Waals surface area (Å²) >= 11 is 0. The Morgan fingerprint density at radius 3 is 0.294 bits per heavy atom. The van der Waals surface area contributed by atoms with E-state index in [2.05, 4.69) is 0 Å². The fourth-order valence-corrected chi connectivity index (χ4v) is 1.03. The average molecular weight is 267 g/mol. The molecule has 2 rings (SSSR count). The standard InChI is InChI=1S/2C8H8.Co/c2*1-2-4-6-8-7-5-3-1;/h2*1-8H;. The van der Waals surface area contributed by atoms with Crippen molar-refractivity contribution in [2.45, 2.75) is 0 Å². The van der Waals surface area contributed by atoms with Crippen LogP contribution in [-0.2, 0) is 16.8 Å². The molecule has 17 heavy (non-hydrogen) atoms.